The molecule has 1 heterocycles. The summed E-state index contributed by atoms with van der Waals surface area (Å²) in [6.07, 6.45) is 2.02. The third kappa shape index (κ3) is 5.42. The van der Waals surface area contributed by atoms with E-state index in [1.165, 1.54) is 0 Å². The van der Waals surface area contributed by atoms with Gasteiger partial charge in [-0.15, -0.1) is 12.4 Å². The van der Waals surface area contributed by atoms with Crippen molar-refractivity contribution in [1.82, 2.24) is 5.32 Å². The first-order chi connectivity index (χ1) is 6.33. The minimum Gasteiger partial charge on any atom is -0.434 e. The van der Waals surface area contributed by atoms with Crippen LogP contribution in [0.3, 0.4) is 0 Å². The Balaban J connectivity index is 0.00000169. The summed E-state index contributed by atoms with van der Waals surface area (Å²) >= 11 is 0. The van der Waals surface area contributed by atoms with Crippen molar-refractivity contribution in [2.24, 2.45) is 0 Å². The van der Waals surface area contributed by atoms with Crippen LogP contribution in [0.25, 0.3) is 0 Å². The van der Waals surface area contributed by atoms with E-state index < -0.39 is 0 Å². The van der Waals surface area contributed by atoms with Crippen molar-refractivity contribution >= 4 is 18.4 Å². The van der Waals surface area contributed by atoms with E-state index in [1.807, 2.05) is 6.92 Å². The highest BCUT2D eigenvalue weighted by Gasteiger charge is 2.16. The molecule has 5 heteroatoms. The number of unbranched alkanes of at least 4 members (excludes halogenated alkanes) is 1. The van der Waals surface area contributed by atoms with E-state index in [9.17, 15) is 4.79 Å². The predicted molar refractivity (Wildman–Crippen MR) is 55.5 cm³/mol. The first kappa shape index (κ1) is 13.7. The summed E-state index contributed by atoms with van der Waals surface area (Å²) in [5, 5.41) is 3.09. The zero-order chi connectivity index (χ0) is 9.52. The Morgan fingerprint density at radius 2 is 2.43 bits per heavy atom. The van der Waals surface area contributed by atoms with Crippen molar-refractivity contribution in [3.63, 3.8) is 0 Å². The lowest BCUT2D eigenvalue weighted by molar-refractivity contribution is -0.182. The summed E-state index contributed by atoms with van der Waals surface area (Å²) in [5.41, 5.74) is 0. The second-order valence-corrected chi connectivity index (χ2v) is 3.10. The van der Waals surface area contributed by atoms with Gasteiger partial charge in [-0.3, -0.25) is 4.79 Å². The molecule has 1 aliphatic heterocycles. The molecule has 0 aromatic rings. The Hall–Kier alpha value is -0.320. The molecule has 1 rings (SSSR count). The molecule has 14 heavy (non-hydrogen) atoms. The fourth-order valence-corrected chi connectivity index (χ4v) is 1.14. The lowest BCUT2D eigenvalue weighted by Gasteiger charge is -2.23. The lowest BCUT2D eigenvalue weighted by atomic mass is 10.2. The van der Waals surface area contributed by atoms with Crippen LogP contribution < -0.4 is 5.32 Å². The van der Waals surface area contributed by atoms with Crippen molar-refractivity contribution in [2.75, 3.05) is 19.7 Å². The molecule has 4 nitrogen and oxygen atoms in total. The third-order valence-corrected chi connectivity index (χ3v) is 1.89. The summed E-state index contributed by atoms with van der Waals surface area (Å²) in [7, 11) is 0. The van der Waals surface area contributed by atoms with E-state index in [4.69, 9.17) is 9.47 Å². The molecule has 1 saturated heterocycles. The molecule has 1 fully saturated rings. The van der Waals surface area contributed by atoms with Gasteiger partial charge >= 0.3 is 5.97 Å². The molecular weight excluding hydrogens is 206 g/mol. The summed E-state index contributed by atoms with van der Waals surface area (Å²) in [6, 6.07) is 0. The Kier molecular flexibility index (Phi) is 7.84. The number of halogens is 1. The Morgan fingerprint density at radius 3 is 3.00 bits per heavy atom. The Labute approximate surface area is 90.7 Å². The number of hydrogen-bond donors (Lipinski definition) is 1. The summed E-state index contributed by atoms with van der Waals surface area (Å²) in [6.45, 7) is 4.11. The van der Waals surface area contributed by atoms with Crippen LogP contribution in [0.15, 0.2) is 0 Å². The van der Waals surface area contributed by atoms with Crippen molar-refractivity contribution in [2.45, 2.75) is 32.5 Å². The molecule has 0 spiro atoms. The van der Waals surface area contributed by atoms with Crippen LogP contribution in [0, 0.1) is 0 Å². The number of carbonyl (C=O) groups is 1. The number of nitrogens with one attached hydrogen (secondary N) is 1. The van der Waals surface area contributed by atoms with Gasteiger partial charge in [0, 0.05) is 13.0 Å². The van der Waals surface area contributed by atoms with E-state index in [2.05, 4.69) is 5.32 Å². The number of esters is 1. The van der Waals surface area contributed by atoms with Gasteiger partial charge in [0.2, 0.25) is 6.29 Å². The number of hydrogen-bond acceptors (Lipinski definition) is 4. The molecule has 0 aliphatic carbocycles. The molecule has 0 radical (unpaired) electrons. The second kappa shape index (κ2) is 8.03. The minimum absolute atomic E-state index is 0. The second-order valence-electron chi connectivity index (χ2n) is 3.10. The fourth-order valence-electron chi connectivity index (χ4n) is 1.14. The van der Waals surface area contributed by atoms with E-state index in [0.29, 0.717) is 19.6 Å². The largest absolute Gasteiger partial charge is 0.434 e. The molecule has 0 aromatic carbocycles. The van der Waals surface area contributed by atoms with E-state index in [-0.39, 0.29) is 24.7 Å². The lowest BCUT2D eigenvalue weighted by Crippen LogP contribution is -2.41. The molecule has 0 aromatic heterocycles. The zero-order valence-corrected chi connectivity index (χ0v) is 9.27. The van der Waals surface area contributed by atoms with Gasteiger partial charge < -0.3 is 14.8 Å². The molecule has 1 atom stereocenters. The van der Waals surface area contributed by atoms with Crippen LogP contribution in [0.1, 0.15) is 26.2 Å². The van der Waals surface area contributed by atoms with Gasteiger partial charge in [-0.1, -0.05) is 13.3 Å². The average Bonchev–Trinajstić information content (AvgIpc) is 2.16. The maximum atomic E-state index is 11.1. The van der Waals surface area contributed by atoms with Gasteiger partial charge in [0.25, 0.3) is 0 Å². The average molecular weight is 224 g/mol. The van der Waals surface area contributed by atoms with Gasteiger partial charge in [0.1, 0.15) is 0 Å². The van der Waals surface area contributed by atoms with Crippen molar-refractivity contribution in [3.05, 3.63) is 0 Å². The molecule has 1 aliphatic rings. The Morgan fingerprint density at radius 1 is 1.64 bits per heavy atom. The molecule has 1 unspecified atom stereocenters. The minimum atomic E-state index is -0.377. The molecular formula is C9H18ClNO3. The SMILES string of the molecule is CCCCC(=O)OC1CNCCO1.Cl. The molecule has 1 N–H and O–H groups in total. The smallest absolute Gasteiger partial charge is 0.308 e. The van der Waals surface area contributed by atoms with Crippen LogP contribution in [-0.2, 0) is 14.3 Å². The van der Waals surface area contributed by atoms with Gasteiger partial charge in [-0.2, -0.15) is 0 Å². The third-order valence-electron chi connectivity index (χ3n) is 1.89. The Bertz CT molecular complexity index is 160. The molecule has 84 valence electrons. The van der Waals surface area contributed by atoms with Gasteiger partial charge in [0.15, 0.2) is 0 Å². The molecule has 0 amide bonds. The fraction of sp³-hybridized carbons (Fsp3) is 0.889. The highest BCUT2D eigenvalue weighted by Crippen LogP contribution is 2.02. The van der Waals surface area contributed by atoms with E-state index in [1.54, 1.807) is 0 Å². The van der Waals surface area contributed by atoms with E-state index in [0.717, 1.165) is 19.4 Å². The summed E-state index contributed by atoms with van der Waals surface area (Å²) < 4.78 is 10.3. The number of ether oxygens (including phenoxy) is 2. The standard InChI is InChI=1S/C9H17NO3.ClH/c1-2-3-4-8(11)13-9-7-10-5-6-12-9;/h9-10H,2-7H2,1H3;1H. The van der Waals surface area contributed by atoms with Gasteiger partial charge in [0.05, 0.1) is 13.2 Å². The zero-order valence-electron chi connectivity index (χ0n) is 8.45. The highest BCUT2D eigenvalue weighted by molar-refractivity contribution is 5.85. The van der Waals surface area contributed by atoms with Gasteiger partial charge in [-0.05, 0) is 6.42 Å². The van der Waals surface area contributed by atoms with E-state index >= 15 is 0 Å². The summed E-state index contributed by atoms with van der Waals surface area (Å²) in [4.78, 5) is 11.1. The quantitative estimate of drug-likeness (QED) is 0.725. The normalized spacial score (nSPS) is 21.1. The predicted octanol–water partition coefficient (Wildman–Crippen LogP) is 1.09. The van der Waals surface area contributed by atoms with Gasteiger partial charge in [-0.25, -0.2) is 0 Å². The first-order valence-electron chi connectivity index (χ1n) is 4.84. The van der Waals surface area contributed by atoms with Crippen molar-refractivity contribution < 1.29 is 14.3 Å². The van der Waals surface area contributed by atoms with Crippen molar-refractivity contribution in [3.8, 4) is 0 Å². The number of morpholine rings is 1. The maximum Gasteiger partial charge on any atom is 0.308 e. The number of rotatable bonds is 4. The van der Waals surface area contributed by atoms with Crippen LogP contribution in [0.4, 0.5) is 0 Å². The topological polar surface area (TPSA) is 47.6 Å². The van der Waals surface area contributed by atoms with Crippen LogP contribution in [0.2, 0.25) is 0 Å². The number of carbonyl (C=O) groups excluding carboxylic acids is 1. The molecule has 0 bridgehead atoms. The molecule has 0 saturated carbocycles. The van der Waals surface area contributed by atoms with Crippen LogP contribution in [-0.4, -0.2) is 32.0 Å². The first-order valence-corrected chi connectivity index (χ1v) is 4.84. The van der Waals surface area contributed by atoms with Crippen LogP contribution >= 0.6 is 12.4 Å². The maximum absolute atomic E-state index is 11.1. The highest BCUT2D eigenvalue weighted by atomic mass is 35.5. The monoisotopic (exact) mass is 223 g/mol. The van der Waals surface area contributed by atoms with Crippen LogP contribution in [0.5, 0.6) is 0 Å². The summed E-state index contributed by atoms with van der Waals surface area (Å²) in [5.74, 6) is -0.157. The van der Waals surface area contributed by atoms with Crippen molar-refractivity contribution in [1.29, 1.82) is 0 Å².